The minimum absolute atomic E-state index is 0.202. The lowest BCUT2D eigenvalue weighted by atomic mass is 9.88. The van der Waals surface area contributed by atoms with Crippen LogP contribution in [0.25, 0.3) is 0 Å². The third-order valence-corrected chi connectivity index (χ3v) is 24.1. The summed E-state index contributed by atoms with van der Waals surface area (Å²) in [5, 5.41) is 137. The SMILES string of the molecule is CCCCCCCCCCCCCCCCC/C=C\C/C=C\CCCCCCCCCCCCCCCCCCCC(=O)NC(COC1OC(CO)C(OC2OC(CO)C(O)C(OC3(C(=O)O)CC(O)C(NC(C)=O)C(C(O)C(O)CO)O3)C2O)C(O)C1O)C(O)/C=C/CCCCCCCCCCCCCCCCCCCCCCCC. The normalized spacial score (nSPS) is 24.9. The number of hydrogen-bond acceptors (Lipinski definition) is 20. The topological polar surface area (TPSA) is 373 Å². The van der Waals surface area contributed by atoms with E-state index in [0.29, 0.717) is 12.8 Å². The van der Waals surface area contributed by atoms with E-state index in [1.165, 1.54) is 308 Å². The molecular formula is C94H174N2O21. The molecule has 0 radical (unpaired) electrons. The first-order valence-corrected chi connectivity index (χ1v) is 47.9. The maximum atomic E-state index is 13.6. The van der Waals surface area contributed by atoms with E-state index in [0.717, 1.165) is 58.3 Å². The molecule has 0 aromatic heterocycles. The van der Waals surface area contributed by atoms with Crippen LogP contribution in [0.2, 0.25) is 0 Å². The first kappa shape index (κ1) is 108. The minimum atomic E-state index is -3.09. The van der Waals surface area contributed by atoms with Gasteiger partial charge in [0.05, 0.1) is 50.7 Å². The zero-order valence-corrected chi connectivity index (χ0v) is 73.6. The number of ether oxygens (including phenoxy) is 6. The summed E-state index contributed by atoms with van der Waals surface area (Å²) in [6.45, 7) is 2.22. The zero-order valence-electron chi connectivity index (χ0n) is 73.6. The summed E-state index contributed by atoms with van der Waals surface area (Å²) < 4.78 is 35.0. The summed E-state index contributed by atoms with van der Waals surface area (Å²) in [4.78, 5) is 38.8. The molecule has 3 aliphatic heterocycles. The molecule has 0 aromatic rings. The van der Waals surface area contributed by atoms with Crippen molar-refractivity contribution in [3.63, 3.8) is 0 Å². The molecule has 117 heavy (non-hydrogen) atoms. The summed E-state index contributed by atoms with van der Waals surface area (Å²) in [7, 11) is 0. The molecule has 23 heteroatoms. The van der Waals surface area contributed by atoms with E-state index in [2.05, 4.69) is 48.8 Å². The van der Waals surface area contributed by atoms with Crippen molar-refractivity contribution in [2.45, 2.75) is 516 Å². The lowest BCUT2D eigenvalue weighted by Crippen LogP contribution is -2.70. The lowest BCUT2D eigenvalue weighted by Gasteiger charge is -2.50. The number of aliphatic hydroxyl groups is 11. The Hall–Kier alpha value is -3.05. The average Bonchev–Trinajstić information content (AvgIpc) is 0.751. The second kappa shape index (κ2) is 71.3. The van der Waals surface area contributed by atoms with Crippen molar-refractivity contribution in [1.29, 1.82) is 0 Å². The highest BCUT2D eigenvalue weighted by Gasteiger charge is 2.60. The highest BCUT2D eigenvalue weighted by atomic mass is 16.8. The largest absolute Gasteiger partial charge is 0.477 e. The average molecular weight is 1670 g/mol. The number of carboxylic acids is 1. The first-order valence-electron chi connectivity index (χ1n) is 47.9. The Morgan fingerprint density at radius 3 is 1.21 bits per heavy atom. The molecule has 3 saturated heterocycles. The molecule has 3 fully saturated rings. The predicted octanol–water partition coefficient (Wildman–Crippen LogP) is 16.4. The van der Waals surface area contributed by atoms with E-state index >= 15 is 0 Å². The standard InChI is InChI=1S/C94H174N2O21/c1-4-6-8-10-12-14-16-18-20-22-24-26-28-30-31-32-33-34-35-36-37-38-39-40-41-42-43-44-46-48-50-52-54-56-58-60-62-64-66-68-81(104)96-75(76(101)67-65-63-61-59-57-55-53-51-49-47-45-29-27-25-23-21-19-17-15-13-11-9-7-5-2)73-112-91-86(108)85(107)88(80(72-99)114-91)115-92-87(109)90(84(106)79(71-98)113-92)117-94(93(110)111)69-77(102)82(95-74(3)100)89(116-94)83(105)78(103)70-97/h33-34,36-37,65,67,75-80,82-92,97-99,101-103,105-109H,4-32,35,38-64,66,68-73H2,1-3H3,(H,95,100)(H,96,104)(H,110,111)/b34-33-,37-36-,67-65+. The highest BCUT2D eigenvalue weighted by Crippen LogP contribution is 2.39. The molecule has 0 aromatic carbocycles. The Morgan fingerprint density at radius 1 is 0.453 bits per heavy atom. The molecule has 23 nitrogen and oxygen atoms in total. The van der Waals surface area contributed by atoms with Crippen LogP contribution in [0, 0.1) is 0 Å². The van der Waals surface area contributed by atoms with Crippen LogP contribution in [0.1, 0.15) is 406 Å². The van der Waals surface area contributed by atoms with Crippen molar-refractivity contribution in [2.24, 2.45) is 0 Å². The molecule has 3 rings (SSSR count). The number of aliphatic carboxylic acids is 1. The van der Waals surface area contributed by atoms with Crippen LogP contribution in [-0.4, -0.2) is 215 Å². The maximum absolute atomic E-state index is 13.6. The van der Waals surface area contributed by atoms with Crippen LogP contribution in [-0.2, 0) is 42.8 Å². The maximum Gasteiger partial charge on any atom is 0.364 e. The van der Waals surface area contributed by atoms with Crippen molar-refractivity contribution < 1.29 is 104 Å². The number of allylic oxidation sites excluding steroid dienone is 5. The molecule has 0 saturated carbocycles. The van der Waals surface area contributed by atoms with Gasteiger partial charge >= 0.3 is 5.97 Å². The number of carbonyl (C=O) groups is 3. The van der Waals surface area contributed by atoms with Gasteiger partial charge in [-0.15, -0.1) is 0 Å². The molecule has 0 spiro atoms. The summed E-state index contributed by atoms with van der Waals surface area (Å²) in [5.41, 5.74) is 0. The fourth-order valence-electron chi connectivity index (χ4n) is 16.6. The van der Waals surface area contributed by atoms with Crippen LogP contribution in [0.15, 0.2) is 36.5 Å². The van der Waals surface area contributed by atoms with Crippen LogP contribution < -0.4 is 10.6 Å². The van der Waals surface area contributed by atoms with Gasteiger partial charge in [-0.3, -0.25) is 9.59 Å². The third-order valence-electron chi connectivity index (χ3n) is 24.1. The molecule has 2 amide bonds. The van der Waals surface area contributed by atoms with Gasteiger partial charge in [0.1, 0.15) is 67.1 Å². The fraction of sp³-hybridized carbons (Fsp3) is 0.904. The number of hydrogen-bond donors (Lipinski definition) is 14. The second-order valence-electron chi connectivity index (χ2n) is 34.6. The second-order valence-corrected chi connectivity index (χ2v) is 34.6. The number of carboxylic acid groups (broad SMARTS) is 1. The van der Waals surface area contributed by atoms with E-state index in [1.807, 2.05) is 6.08 Å². The van der Waals surface area contributed by atoms with Crippen molar-refractivity contribution >= 4 is 17.8 Å². The Morgan fingerprint density at radius 2 is 0.829 bits per heavy atom. The monoisotopic (exact) mass is 1670 g/mol. The minimum Gasteiger partial charge on any atom is -0.477 e. The molecule has 0 bridgehead atoms. The molecular weight excluding hydrogens is 1490 g/mol. The van der Waals surface area contributed by atoms with Gasteiger partial charge in [0.25, 0.3) is 5.79 Å². The van der Waals surface area contributed by atoms with Gasteiger partial charge < -0.3 is 100 Å². The van der Waals surface area contributed by atoms with Gasteiger partial charge in [-0.1, -0.05) is 371 Å². The van der Waals surface area contributed by atoms with Gasteiger partial charge in [0, 0.05) is 19.8 Å². The van der Waals surface area contributed by atoms with Crippen molar-refractivity contribution in [1.82, 2.24) is 10.6 Å². The first-order chi connectivity index (χ1) is 56.9. The van der Waals surface area contributed by atoms with E-state index in [4.69, 9.17) is 28.4 Å². The Labute approximate surface area is 707 Å². The lowest BCUT2D eigenvalue weighted by molar-refractivity contribution is -0.386. The highest BCUT2D eigenvalue weighted by molar-refractivity contribution is 5.77. The molecule has 18 unspecified atom stereocenters. The van der Waals surface area contributed by atoms with Crippen LogP contribution in [0.3, 0.4) is 0 Å². The molecule has 3 heterocycles. The van der Waals surface area contributed by atoms with Gasteiger partial charge in [-0.25, -0.2) is 4.79 Å². The summed E-state index contributed by atoms with van der Waals surface area (Å²) in [5.74, 6) is -6.13. The van der Waals surface area contributed by atoms with Crippen molar-refractivity contribution in [3.05, 3.63) is 36.5 Å². The summed E-state index contributed by atoms with van der Waals surface area (Å²) >= 11 is 0. The molecule has 18 atom stereocenters. The number of aliphatic hydroxyl groups excluding tert-OH is 11. The molecule has 0 aliphatic carbocycles. The predicted molar refractivity (Wildman–Crippen MR) is 463 cm³/mol. The van der Waals surface area contributed by atoms with Crippen molar-refractivity contribution in [2.75, 3.05) is 26.4 Å². The Bertz CT molecular complexity index is 2450. The van der Waals surface area contributed by atoms with Gasteiger partial charge in [0.15, 0.2) is 12.6 Å². The smallest absolute Gasteiger partial charge is 0.364 e. The number of nitrogens with one attached hydrogen (secondary N) is 2. The van der Waals surface area contributed by atoms with E-state index in [-0.39, 0.29) is 12.3 Å². The molecule has 14 N–H and O–H groups in total. The third kappa shape index (κ3) is 49.3. The van der Waals surface area contributed by atoms with E-state index in [9.17, 15) is 75.7 Å². The van der Waals surface area contributed by atoms with E-state index < -0.39 is 155 Å². The number of amides is 2. The molecule has 3 aliphatic rings. The summed E-state index contributed by atoms with van der Waals surface area (Å²) in [6.07, 6.45) is 57.8. The molecule has 686 valence electrons. The van der Waals surface area contributed by atoms with Crippen LogP contribution in [0.4, 0.5) is 0 Å². The summed E-state index contributed by atoms with van der Waals surface area (Å²) in [6, 6.07) is -2.62. The van der Waals surface area contributed by atoms with Gasteiger partial charge in [-0.05, 0) is 51.4 Å². The van der Waals surface area contributed by atoms with Gasteiger partial charge in [0.2, 0.25) is 11.8 Å². The quantitative estimate of drug-likeness (QED) is 0.0199. The number of rotatable bonds is 78. The number of carbonyl (C=O) groups excluding carboxylic acids is 2. The Balaban J connectivity index is 1.41. The van der Waals surface area contributed by atoms with E-state index in [1.54, 1.807) is 6.08 Å². The zero-order chi connectivity index (χ0) is 85.2. The van der Waals surface area contributed by atoms with Gasteiger partial charge in [-0.2, -0.15) is 0 Å². The number of unbranched alkanes of at least 4 members (excludes halogenated alkanes) is 54. The van der Waals surface area contributed by atoms with Crippen LogP contribution >= 0.6 is 0 Å². The fourth-order valence-corrected chi connectivity index (χ4v) is 16.6. The van der Waals surface area contributed by atoms with Crippen LogP contribution in [0.5, 0.6) is 0 Å². The Kier molecular flexibility index (Phi) is 65.9. The van der Waals surface area contributed by atoms with Crippen molar-refractivity contribution in [3.8, 4) is 0 Å².